The van der Waals surface area contributed by atoms with Gasteiger partial charge < -0.3 is 18.9 Å². The molecular weight excluding hydrogens is 554 g/mol. The lowest BCUT2D eigenvalue weighted by atomic mass is 9.83. The molecular formula is C37H41NO6. The SMILES string of the molecule is COC(=O)COc1cc(C2C[C@H](CN(C(=O)OC(C)(C)C)[C@H](C)c3cccc4ccccc34)Oc3ccccc32)ccc1C. The van der Waals surface area contributed by atoms with E-state index in [0.717, 1.165) is 38.8 Å². The predicted molar refractivity (Wildman–Crippen MR) is 171 cm³/mol. The summed E-state index contributed by atoms with van der Waals surface area (Å²) in [5, 5.41) is 2.22. The molecule has 3 atom stereocenters. The molecule has 1 heterocycles. The zero-order valence-electron chi connectivity index (χ0n) is 26.3. The highest BCUT2D eigenvalue weighted by Gasteiger charge is 2.35. The van der Waals surface area contributed by atoms with Gasteiger partial charge in [0.15, 0.2) is 6.61 Å². The first kappa shape index (κ1) is 30.9. The van der Waals surface area contributed by atoms with Crippen molar-refractivity contribution in [2.45, 2.75) is 64.7 Å². The molecule has 0 aliphatic carbocycles. The summed E-state index contributed by atoms with van der Waals surface area (Å²) < 4.78 is 23.1. The van der Waals surface area contributed by atoms with Gasteiger partial charge in [-0.2, -0.15) is 0 Å². The van der Waals surface area contributed by atoms with Crippen molar-refractivity contribution in [3.05, 3.63) is 107 Å². The first-order valence-electron chi connectivity index (χ1n) is 15.1. The van der Waals surface area contributed by atoms with Crippen LogP contribution in [0, 0.1) is 6.92 Å². The minimum absolute atomic E-state index is 0.0145. The van der Waals surface area contributed by atoms with Gasteiger partial charge in [0.2, 0.25) is 0 Å². The van der Waals surface area contributed by atoms with Gasteiger partial charge in [-0.1, -0.05) is 72.8 Å². The van der Waals surface area contributed by atoms with E-state index in [9.17, 15) is 9.59 Å². The molecule has 1 aliphatic heterocycles. The van der Waals surface area contributed by atoms with Gasteiger partial charge in [0.25, 0.3) is 0 Å². The number of para-hydroxylation sites is 1. The highest BCUT2D eigenvalue weighted by molar-refractivity contribution is 5.86. The van der Waals surface area contributed by atoms with E-state index in [1.54, 1.807) is 4.90 Å². The van der Waals surface area contributed by atoms with Crippen molar-refractivity contribution < 1.29 is 28.5 Å². The summed E-state index contributed by atoms with van der Waals surface area (Å²) in [7, 11) is 1.34. The quantitative estimate of drug-likeness (QED) is 0.192. The van der Waals surface area contributed by atoms with Crippen LogP contribution in [0.3, 0.4) is 0 Å². The Labute approximate surface area is 259 Å². The molecule has 0 saturated carbocycles. The highest BCUT2D eigenvalue weighted by atomic mass is 16.6. The molecule has 230 valence electrons. The fraction of sp³-hybridized carbons (Fsp3) is 0.351. The molecule has 7 nitrogen and oxygen atoms in total. The van der Waals surface area contributed by atoms with Crippen molar-refractivity contribution in [2.75, 3.05) is 20.3 Å². The summed E-state index contributed by atoms with van der Waals surface area (Å²) in [6.45, 7) is 9.81. The summed E-state index contributed by atoms with van der Waals surface area (Å²) in [6, 6.07) is 28.2. The van der Waals surface area contributed by atoms with Gasteiger partial charge in [-0.05, 0) is 80.6 Å². The number of carbonyl (C=O) groups is 2. The molecule has 1 unspecified atom stereocenters. The lowest BCUT2D eigenvalue weighted by Crippen LogP contribution is -2.45. The van der Waals surface area contributed by atoms with E-state index < -0.39 is 11.6 Å². The summed E-state index contributed by atoms with van der Waals surface area (Å²) >= 11 is 0. The van der Waals surface area contributed by atoms with E-state index in [1.165, 1.54) is 7.11 Å². The third kappa shape index (κ3) is 6.99. The van der Waals surface area contributed by atoms with Gasteiger partial charge >= 0.3 is 12.1 Å². The average molecular weight is 596 g/mol. The molecule has 0 saturated heterocycles. The number of ether oxygens (including phenoxy) is 4. The van der Waals surface area contributed by atoms with Gasteiger partial charge in [-0.15, -0.1) is 0 Å². The van der Waals surface area contributed by atoms with Crippen molar-refractivity contribution in [3.8, 4) is 11.5 Å². The standard InChI is InChI=1S/C37H41NO6/c1-24-18-19-27(20-34(24)42-23-35(39)41-6)32-21-28(43-33-17-10-9-15-31(32)33)22-38(36(40)44-37(3,4)5)25(2)29-16-11-13-26-12-7-8-14-30(26)29/h7-20,25,28,32H,21-23H2,1-6H3/t25-,28-,32?/m1/s1. The normalized spacial score (nSPS) is 16.8. The molecule has 1 amide bonds. The number of rotatable bonds is 8. The average Bonchev–Trinajstić information content (AvgIpc) is 3.01. The number of fused-ring (bicyclic) bond motifs is 2. The van der Waals surface area contributed by atoms with E-state index in [0.29, 0.717) is 18.7 Å². The Balaban J connectivity index is 1.48. The zero-order chi connectivity index (χ0) is 31.4. The van der Waals surface area contributed by atoms with Crippen LogP contribution in [-0.4, -0.2) is 48.9 Å². The number of carbonyl (C=O) groups excluding carboxylic acids is 2. The summed E-state index contributed by atoms with van der Waals surface area (Å²) in [4.78, 5) is 27.4. The molecule has 44 heavy (non-hydrogen) atoms. The lowest BCUT2D eigenvalue weighted by Gasteiger charge is -2.38. The monoisotopic (exact) mass is 595 g/mol. The lowest BCUT2D eigenvalue weighted by molar-refractivity contribution is -0.142. The van der Waals surface area contributed by atoms with Gasteiger partial charge in [-0.3, -0.25) is 4.90 Å². The fourth-order valence-corrected chi connectivity index (χ4v) is 5.82. The Morgan fingerprint density at radius 3 is 2.48 bits per heavy atom. The van der Waals surface area contributed by atoms with Crippen molar-refractivity contribution in [2.24, 2.45) is 0 Å². The van der Waals surface area contributed by atoms with Gasteiger partial charge in [0.1, 0.15) is 23.2 Å². The Morgan fingerprint density at radius 2 is 1.70 bits per heavy atom. The molecule has 4 aromatic rings. The van der Waals surface area contributed by atoms with Crippen LogP contribution >= 0.6 is 0 Å². The molecule has 0 radical (unpaired) electrons. The van der Waals surface area contributed by atoms with Crippen LogP contribution in [0.1, 0.15) is 68.3 Å². The molecule has 0 N–H and O–H groups in total. The van der Waals surface area contributed by atoms with E-state index in [1.807, 2.05) is 83.1 Å². The summed E-state index contributed by atoms with van der Waals surface area (Å²) in [5.74, 6) is 0.967. The Morgan fingerprint density at radius 1 is 0.977 bits per heavy atom. The first-order valence-corrected chi connectivity index (χ1v) is 15.1. The summed E-state index contributed by atoms with van der Waals surface area (Å²) in [5.41, 5.74) is 3.43. The molecule has 0 spiro atoms. The van der Waals surface area contributed by atoms with Crippen LogP contribution < -0.4 is 9.47 Å². The second kappa shape index (κ2) is 13.0. The minimum Gasteiger partial charge on any atom is -0.488 e. The zero-order valence-corrected chi connectivity index (χ0v) is 26.3. The maximum absolute atomic E-state index is 13.8. The van der Waals surface area contributed by atoms with Crippen LogP contribution in [-0.2, 0) is 14.3 Å². The predicted octanol–water partition coefficient (Wildman–Crippen LogP) is 7.98. The van der Waals surface area contributed by atoms with Gasteiger partial charge in [-0.25, -0.2) is 9.59 Å². The highest BCUT2D eigenvalue weighted by Crippen LogP contribution is 2.42. The third-order valence-electron chi connectivity index (χ3n) is 8.04. The second-order valence-electron chi connectivity index (χ2n) is 12.3. The third-order valence-corrected chi connectivity index (χ3v) is 8.04. The van der Waals surface area contributed by atoms with Crippen LogP contribution in [0.2, 0.25) is 0 Å². The number of nitrogens with zero attached hydrogens (tertiary/aromatic N) is 1. The number of hydrogen-bond acceptors (Lipinski definition) is 6. The van der Waals surface area contributed by atoms with E-state index >= 15 is 0 Å². The van der Waals surface area contributed by atoms with Crippen LogP contribution in [0.4, 0.5) is 4.79 Å². The van der Waals surface area contributed by atoms with E-state index in [-0.39, 0.29) is 30.8 Å². The number of esters is 1. The number of benzene rings is 4. The molecule has 5 rings (SSSR count). The minimum atomic E-state index is -0.654. The Kier molecular flexibility index (Phi) is 9.14. The molecule has 0 bridgehead atoms. The first-order chi connectivity index (χ1) is 21.0. The molecule has 4 aromatic carbocycles. The van der Waals surface area contributed by atoms with Gasteiger partial charge in [0, 0.05) is 11.5 Å². The molecule has 0 aromatic heterocycles. The topological polar surface area (TPSA) is 74.3 Å². The number of amides is 1. The molecule has 7 heteroatoms. The van der Waals surface area contributed by atoms with E-state index in [4.69, 9.17) is 18.9 Å². The number of hydrogen-bond donors (Lipinski definition) is 0. The van der Waals surface area contributed by atoms with E-state index in [2.05, 4.69) is 36.4 Å². The molecule has 1 aliphatic rings. The Hall–Kier alpha value is -4.52. The van der Waals surface area contributed by atoms with Crippen LogP contribution in [0.25, 0.3) is 10.8 Å². The maximum Gasteiger partial charge on any atom is 0.410 e. The van der Waals surface area contributed by atoms with Crippen molar-refractivity contribution in [1.29, 1.82) is 0 Å². The van der Waals surface area contributed by atoms with Crippen LogP contribution in [0.15, 0.2) is 84.9 Å². The fourth-order valence-electron chi connectivity index (χ4n) is 5.82. The van der Waals surface area contributed by atoms with Crippen molar-refractivity contribution in [3.63, 3.8) is 0 Å². The maximum atomic E-state index is 13.8. The Bertz CT molecular complexity index is 1640. The number of aryl methyl sites for hydroxylation is 1. The van der Waals surface area contributed by atoms with Crippen LogP contribution in [0.5, 0.6) is 11.5 Å². The second-order valence-corrected chi connectivity index (χ2v) is 12.3. The van der Waals surface area contributed by atoms with Crippen molar-refractivity contribution >= 4 is 22.8 Å². The largest absolute Gasteiger partial charge is 0.488 e. The van der Waals surface area contributed by atoms with Crippen molar-refractivity contribution in [1.82, 2.24) is 4.90 Å². The number of methoxy groups -OCH3 is 1. The summed E-state index contributed by atoms with van der Waals surface area (Å²) in [6.07, 6.45) is -0.0516. The van der Waals surface area contributed by atoms with Gasteiger partial charge in [0.05, 0.1) is 19.7 Å². The smallest absolute Gasteiger partial charge is 0.410 e. The molecule has 0 fully saturated rings.